The van der Waals surface area contributed by atoms with Crippen molar-refractivity contribution in [1.82, 2.24) is 10.0 Å². The van der Waals surface area contributed by atoms with E-state index in [-0.39, 0.29) is 25.8 Å². The van der Waals surface area contributed by atoms with Gasteiger partial charge < -0.3 is 10.2 Å². The number of carboxylic acid groups (broad SMARTS) is 2. The van der Waals surface area contributed by atoms with Crippen molar-refractivity contribution in [3.05, 3.63) is 30.1 Å². The standard InChI is InChI=1S/C15H21N2O6P/c18-13(17(23)11-12-3-1-2-7-16-12)4-8-24(9-5-14(19)20)10-6-15(21)22/h1-3,7,23H,4-6,8-11H2,(H,19,20)(H,21,22). The van der Waals surface area contributed by atoms with Crippen LogP contribution in [0.4, 0.5) is 0 Å². The van der Waals surface area contributed by atoms with Gasteiger partial charge in [-0.1, -0.05) is 6.07 Å². The van der Waals surface area contributed by atoms with Gasteiger partial charge >= 0.3 is 11.9 Å². The lowest BCUT2D eigenvalue weighted by molar-refractivity contribution is -0.167. The zero-order valence-corrected chi connectivity index (χ0v) is 14.1. The van der Waals surface area contributed by atoms with E-state index in [1.165, 1.54) is 0 Å². The number of hydroxylamine groups is 2. The quantitative estimate of drug-likeness (QED) is 0.312. The molecule has 0 saturated heterocycles. The Labute approximate surface area is 140 Å². The van der Waals surface area contributed by atoms with Gasteiger partial charge in [-0.3, -0.25) is 24.6 Å². The van der Waals surface area contributed by atoms with Crippen molar-refractivity contribution in [3.8, 4) is 0 Å². The summed E-state index contributed by atoms with van der Waals surface area (Å²) in [4.78, 5) is 37.3. The minimum atomic E-state index is -0.942. The fourth-order valence-corrected chi connectivity index (χ4v) is 4.15. The van der Waals surface area contributed by atoms with E-state index in [0.29, 0.717) is 29.2 Å². The molecule has 1 aromatic heterocycles. The molecule has 0 spiro atoms. The summed E-state index contributed by atoms with van der Waals surface area (Å²) in [7, 11) is -0.878. The van der Waals surface area contributed by atoms with Gasteiger partial charge in [0.25, 0.3) is 0 Å². The summed E-state index contributed by atoms with van der Waals surface area (Å²) >= 11 is 0. The third-order valence-corrected chi connectivity index (χ3v) is 5.82. The maximum absolute atomic E-state index is 12.0. The zero-order chi connectivity index (χ0) is 17.9. The van der Waals surface area contributed by atoms with Crippen LogP contribution in [0, 0.1) is 0 Å². The number of hydrogen-bond donors (Lipinski definition) is 3. The van der Waals surface area contributed by atoms with E-state index in [1.807, 2.05) is 0 Å². The Bertz CT molecular complexity index is 536. The highest BCUT2D eigenvalue weighted by atomic mass is 31.1. The van der Waals surface area contributed by atoms with Crippen LogP contribution < -0.4 is 0 Å². The summed E-state index contributed by atoms with van der Waals surface area (Å²) < 4.78 is 0. The third kappa shape index (κ3) is 8.55. The number of carboxylic acids is 2. The number of aliphatic carboxylic acids is 2. The summed E-state index contributed by atoms with van der Waals surface area (Å²) in [6.07, 6.45) is 2.66. The molecule has 1 aromatic rings. The number of hydrogen-bond acceptors (Lipinski definition) is 5. The van der Waals surface area contributed by atoms with Crippen molar-refractivity contribution in [3.63, 3.8) is 0 Å². The number of pyridine rings is 1. The molecular formula is C15H21N2O6P. The Balaban J connectivity index is 2.46. The van der Waals surface area contributed by atoms with E-state index < -0.39 is 25.8 Å². The number of carbonyl (C=O) groups excluding carboxylic acids is 1. The van der Waals surface area contributed by atoms with Crippen molar-refractivity contribution < 1.29 is 29.8 Å². The van der Waals surface area contributed by atoms with Crippen LogP contribution >= 0.6 is 7.92 Å². The second-order valence-electron chi connectivity index (χ2n) is 5.15. The molecule has 0 fully saturated rings. The maximum atomic E-state index is 12.0. The minimum Gasteiger partial charge on any atom is -0.481 e. The van der Waals surface area contributed by atoms with Crippen molar-refractivity contribution in [2.24, 2.45) is 0 Å². The first kappa shape index (κ1) is 20.0. The van der Waals surface area contributed by atoms with Crippen LogP contribution in [0.25, 0.3) is 0 Å². The Morgan fingerprint density at radius 3 is 2.08 bits per heavy atom. The Hall–Kier alpha value is -2.05. The molecule has 8 nitrogen and oxygen atoms in total. The molecule has 0 radical (unpaired) electrons. The topological polar surface area (TPSA) is 128 Å². The van der Waals surface area contributed by atoms with E-state index in [4.69, 9.17) is 10.2 Å². The highest BCUT2D eigenvalue weighted by Gasteiger charge is 2.17. The lowest BCUT2D eigenvalue weighted by Crippen LogP contribution is -2.27. The highest BCUT2D eigenvalue weighted by Crippen LogP contribution is 2.37. The monoisotopic (exact) mass is 356 g/mol. The van der Waals surface area contributed by atoms with E-state index in [9.17, 15) is 19.6 Å². The van der Waals surface area contributed by atoms with Gasteiger partial charge in [0.2, 0.25) is 5.91 Å². The van der Waals surface area contributed by atoms with E-state index in [2.05, 4.69) is 4.98 Å². The van der Waals surface area contributed by atoms with Crippen LogP contribution in [0.1, 0.15) is 25.0 Å². The van der Waals surface area contributed by atoms with Crippen molar-refractivity contribution in [2.75, 3.05) is 18.5 Å². The number of aromatic nitrogens is 1. The van der Waals surface area contributed by atoms with Crippen LogP contribution in [0.2, 0.25) is 0 Å². The molecule has 1 heterocycles. The van der Waals surface area contributed by atoms with Gasteiger partial charge in [-0.05, 0) is 30.6 Å². The van der Waals surface area contributed by atoms with Gasteiger partial charge in [-0.15, -0.1) is 7.92 Å². The molecule has 3 N–H and O–H groups in total. The normalized spacial score (nSPS) is 10.6. The molecular weight excluding hydrogens is 335 g/mol. The van der Waals surface area contributed by atoms with Crippen LogP contribution in [0.3, 0.4) is 0 Å². The van der Waals surface area contributed by atoms with Gasteiger partial charge in [0.1, 0.15) is 0 Å². The summed E-state index contributed by atoms with van der Waals surface area (Å²) in [5.41, 5.74) is 0.548. The van der Waals surface area contributed by atoms with E-state index in [1.54, 1.807) is 24.4 Å². The second-order valence-corrected chi connectivity index (χ2v) is 7.83. The van der Waals surface area contributed by atoms with Crippen molar-refractivity contribution in [1.29, 1.82) is 0 Å². The SMILES string of the molecule is O=C(O)CCP(CCC(=O)O)CCC(=O)N(O)Cc1ccccn1. The van der Waals surface area contributed by atoms with Gasteiger partial charge in [0.15, 0.2) is 0 Å². The number of carbonyl (C=O) groups is 3. The van der Waals surface area contributed by atoms with Gasteiger partial charge in [-0.25, -0.2) is 5.06 Å². The first-order valence-corrected chi connectivity index (χ1v) is 9.33. The van der Waals surface area contributed by atoms with Crippen molar-refractivity contribution in [2.45, 2.75) is 25.8 Å². The van der Waals surface area contributed by atoms with Crippen LogP contribution in [0.15, 0.2) is 24.4 Å². The Kier molecular flexibility index (Phi) is 8.89. The zero-order valence-electron chi connectivity index (χ0n) is 13.2. The summed E-state index contributed by atoms with van der Waals surface area (Å²) in [6, 6.07) is 5.16. The minimum absolute atomic E-state index is 0.0259. The summed E-state index contributed by atoms with van der Waals surface area (Å²) in [6.45, 7) is -0.0259. The van der Waals surface area contributed by atoms with Crippen LogP contribution in [-0.4, -0.2) is 61.8 Å². The smallest absolute Gasteiger partial charge is 0.303 e. The predicted octanol–water partition coefficient (Wildman–Crippen LogP) is 1.62. The average Bonchev–Trinajstić information content (AvgIpc) is 2.54. The summed E-state index contributed by atoms with van der Waals surface area (Å²) in [5, 5.41) is 27.9. The van der Waals surface area contributed by atoms with Crippen LogP contribution in [-0.2, 0) is 20.9 Å². The van der Waals surface area contributed by atoms with Crippen molar-refractivity contribution >= 4 is 25.8 Å². The third-order valence-electron chi connectivity index (χ3n) is 3.25. The number of amides is 1. The molecule has 0 aliphatic rings. The molecule has 0 aliphatic heterocycles. The molecule has 0 saturated carbocycles. The van der Waals surface area contributed by atoms with Gasteiger partial charge in [0.05, 0.1) is 12.2 Å². The number of rotatable bonds is 11. The number of nitrogens with zero attached hydrogens (tertiary/aromatic N) is 2. The Morgan fingerprint density at radius 2 is 1.58 bits per heavy atom. The molecule has 1 amide bonds. The highest BCUT2D eigenvalue weighted by molar-refractivity contribution is 7.57. The molecule has 24 heavy (non-hydrogen) atoms. The van der Waals surface area contributed by atoms with E-state index in [0.717, 1.165) is 0 Å². The van der Waals surface area contributed by atoms with Gasteiger partial charge in [0, 0.05) is 25.5 Å². The molecule has 9 heteroatoms. The first-order chi connectivity index (χ1) is 11.4. The fourth-order valence-electron chi connectivity index (χ4n) is 1.96. The lowest BCUT2D eigenvalue weighted by Gasteiger charge is -2.18. The fraction of sp³-hybridized carbons (Fsp3) is 0.467. The molecule has 132 valence electrons. The molecule has 0 bridgehead atoms. The predicted molar refractivity (Wildman–Crippen MR) is 87.2 cm³/mol. The molecule has 0 atom stereocenters. The molecule has 1 rings (SSSR count). The van der Waals surface area contributed by atoms with Gasteiger partial charge in [-0.2, -0.15) is 0 Å². The maximum Gasteiger partial charge on any atom is 0.303 e. The van der Waals surface area contributed by atoms with Crippen LogP contribution in [0.5, 0.6) is 0 Å². The van der Waals surface area contributed by atoms with E-state index >= 15 is 0 Å². The molecule has 0 unspecified atom stereocenters. The Morgan fingerprint density at radius 1 is 1.00 bits per heavy atom. The summed E-state index contributed by atoms with van der Waals surface area (Å²) in [5.74, 6) is -2.37. The second kappa shape index (κ2) is 10.7. The largest absolute Gasteiger partial charge is 0.481 e. The average molecular weight is 356 g/mol. The molecule has 0 aromatic carbocycles. The molecule has 0 aliphatic carbocycles. The first-order valence-electron chi connectivity index (χ1n) is 7.43. The lowest BCUT2D eigenvalue weighted by atomic mass is 10.3.